The molecule has 0 aliphatic heterocycles. The predicted molar refractivity (Wildman–Crippen MR) is 188 cm³/mol. The second kappa shape index (κ2) is 18.5. The van der Waals surface area contributed by atoms with Crippen LogP contribution in [0.2, 0.25) is 0 Å². The van der Waals surface area contributed by atoms with Crippen molar-refractivity contribution in [1.82, 2.24) is 0 Å². The summed E-state index contributed by atoms with van der Waals surface area (Å²) in [6.07, 6.45) is 0. The van der Waals surface area contributed by atoms with E-state index in [1.165, 1.54) is 36.4 Å². The number of para-hydroxylation sites is 2. The first-order valence-electron chi connectivity index (χ1n) is 16.7. The van der Waals surface area contributed by atoms with Crippen LogP contribution in [0.4, 0.5) is 0 Å². The van der Waals surface area contributed by atoms with E-state index >= 15 is 0 Å². The van der Waals surface area contributed by atoms with Crippen LogP contribution in [0.15, 0.2) is 36.4 Å². The van der Waals surface area contributed by atoms with E-state index in [1.54, 1.807) is 83.1 Å². The number of carbonyl (C=O) groups excluding carboxylic acids is 6. The van der Waals surface area contributed by atoms with Gasteiger partial charge in [-0.1, -0.05) is 12.1 Å². The van der Waals surface area contributed by atoms with Crippen LogP contribution >= 0.6 is 0 Å². The van der Waals surface area contributed by atoms with Crippen LogP contribution in [-0.4, -0.2) is 63.0 Å². The zero-order chi connectivity index (χ0) is 41.1. The Hall–Kier alpha value is -5.54. The van der Waals surface area contributed by atoms with E-state index in [0.29, 0.717) is 0 Å². The molecule has 0 spiro atoms. The molecule has 0 atom stereocenters. The second-order valence-corrected chi connectivity index (χ2v) is 15.8. The summed E-state index contributed by atoms with van der Waals surface area (Å²) in [5.41, 5.74) is -4.06. The minimum atomic E-state index is -1.25. The Morgan fingerprint density at radius 2 is 0.667 bits per heavy atom. The molecule has 0 unspecified atom stereocenters. The Bertz CT molecular complexity index is 1540. The summed E-state index contributed by atoms with van der Waals surface area (Å²) in [6.45, 7) is 17.2. The molecule has 0 saturated heterocycles. The summed E-state index contributed by atoms with van der Waals surface area (Å²) in [6, 6.07) is 8.02. The highest BCUT2D eigenvalue weighted by Crippen LogP contribution is 2.35. The van der Waals surface area contributed by atoms with Crippen LogP contribution in [0.25, 0.3) is 0 Å². The van der Waals surface area contributed by atoms with Gasteiger partial charge in [0.25, 0.3) is 0 Å². The lowest BCUT2D eigenvalue weighted by Gasteiger charge is -2.20. The van der Waals surface area contributed by atoms with Crippen LogP contribution in [0, 0.1) is 21.7 Å². The first kappa shape index (κ1) is 44.6. The van der Waals surface area contributed by atoms with Crippen LogP contribution in [0.3, 0.4) is 0 Å². The van der Waals surface area contributed by atoms with Gasteiger partial charge in [0.2, 0.25) is 27.2 Å². The molecule has 298 valence electrons. The highest BCUT2D eigenvalue weighted by Gasteiger charge is 2.29. The Labute approximate surface area is 314 Å². The van der Waals surface area contributed by atoms with Gasteiger partial charge in [-0.25, -0.2) is 19.4 Å². The zero-order valence-corrected chi connectivity index (χ0v) is 32.8. The standard InChI is InChI=1S/C38H50O16/c1-35(2,3)31(41)49-19-45-25-17-13-15-23(27(25)47-21-51-33(43)37(7,8)9)29(39)53-54-30(40)24-16-14-18-26(46-20-50-32(42)36(4,5)6)28(24)48-22-52-34(44)38(10,11)12/h13-18H,19-22H2,1-12H3. The molecule has 2 aromatic rings. The smallest absolute Gasteiger partial charge is 0.390 e. The number of rotatable bonds is 14. The molecule has 0 heterocycles. The highest BCUT2D eigenvalue weighted by atomic mass is 17.2. The molecule has 0 amide bonds. The maximum absolute atomic E-state index is 13.3. The fourth-order valence-corrected chi connectivity index (χ4v) is 3.49. The number of ether oxygens (including phenoxy) is 8. The summed E-state index contributed by atoms with van der Waals surface area (Å²) in [4.78, 5) is 85.5. The fraction of sp³-hybridized carbons (Fsp3) is 0.526. The number of esters is 4. The SMILES string of the molecule is CC(C)(C)C(=O)OCOc1cccc(C(=O)OOC(=O)c2cccc(OCOC(=O)C(C)(C)C)c2OCOC(=O)C(C)(C)C)c1OCOC(=O)C(C)(C)C. The number of hydrogen-bond donors (Lipinski definition) is 0. The predicted octanol–water partition coefficient (Wildman–Crippen LogP) is 6.32. The van der Waals surface area contributed by atoms with Crippen molar-refractivity contribution in [2.75, 3.05) is 27.2 Å². The molecule has 16 nitrogen and oxygen atoms in total. The minimum absolute atomic E-state index is 0.109. The lowest BCUT2D eigenvalue weighted by atomic mass is 9.97. The first-order valence-corrected chi connectivity index (χ1v) is 16.7. The monoisotopic (exact) mass is 762 g/mol. The van der Waals surface area contributed by atoms with Crippen LogP contribution < -0.4 is 18.9 Å². The average Bonchev–Trinajstić information content (AvgIpc) is 3.05. The van der Waals surface area contributed by atoms with Crippen molar-refractivity contribution in [3.8, 4) is 23.0 Å². The van der Waals surface area contributed by atoms with Crippen molar-refractivity contribution < 1.29 is 76.4 Å². The van der Waals surface area contributed by atoms with E-state index in [9.17, 15) is 28.8 Å². The summed E-state index contributed by atoms with van der Waals surface area (Å²) < 4.78 is 43.0. The van der Waals surface area contributed by atoms with Crippen molar-refractivity contribution in [2.24, 2.45) is 21.7 Å². The van der Waals surface area contributed by atoms with Gasteiger partial charge in [0, 0.05) is 0 Å². The van der Waals surface area contributed by atoms with Gasteiger partial charge in [0.1, 0.15) is 11.1 Å². The van der Waals surface area contributed by atoms with Gasteiger partial charge in [-0.15, -0.1) is 0 Å². The molecule has 54 heavy (non-hydrogen) atoms. The summed E-state index contributed by atoms with van der Waals surface area (Å²) in [5, 5.41) is 0. The van der Waals surface area contributed by atoms with Crippen molar-refractivity contribution in [3.63, 3.8) is 0 Å². The maximum atomic E-state index is 13.3. The normalized spacial score (nSPS) is 11.7. The van der Waals surface area contributed by atoms with Crippen molar-refractivity contribution >= 4 is 35.8 Å². The molecule has 0 radical (unpaired) electrons. The third-order valence-electron chi connectivity index (χ3n) is 6.64. The Kier molecular flexibility index (Phi) is 15.3. The third kappa shape index (κ3) is 13.8. The lowest BCUT2D eigenvalue weighted by molar-refractivity contribution is -0.188. The molecular weight excluding hydrogens is 712 g/mol. The van der Waals surface area contributed by atoms with Gasteiger partial charge in [0.05, 0.1) is 21.7 Å². The number of carbonyl (C=O) groups is 6. The molecule has 0 fully saturated rings. The van der Waals surface area contributed by atoms with Gasteiger partial charge >= 0.3 is 35.8 Å². The lowest BCUT2D eigenvalue weighted by Crippen LogP contribution is -2.26. The molecule has 0 N–H and O–H groups in total. The molecule has 0 bridgehead atoms. The minimum Gasteiger partial charge on any atom is -0.453 e. The van der Waals surface area contributed by atoms with Crippen molar-refractivity contribution in [3.05, 3.63) is 47.5 Å². The second-order valence-electron chi connectivity index (χ2n) is 15.8. The van der Waals surface area contributed by atoms with Crippen LogP contribution in [0.5, 0.6) is 23.0 Å². The van der Waals surface area contributed by atoms with E-state index < -0.39 is 84.6 Å². The summed E-state index contributed by atoms with van der Waals surface area (Å²) in [7, 11) is 0. The molecular formula is C38H50O16. The summed E-state index contributed by atoms with van der Waals surface area (Å²) >= 11 is 0. The van der Waals surface area contributed by atoms with Crippen LogP contribution in [-0.2, 0) is 47.9 Å². The van der Waals surface area contributed by atoms with Gasteiger partial charge in [-0.05, 0) is 107 Å². The molecule has 2 rings (SSSR count). The van der Waals surface area contributed by atoms with Gasteiger partial charge < -0.3 is 37.9 Å². The van der Waals surface area contributed by atoms with Crippen LogP contribution in [0.1, 0.15) is 104 Å². The van der Waals surface area contributed by atoms with E-state index in [-0.39, 0.29) is 34.1 Å². The van der Waals surface area contributed by atoms with Crippen molar-refractivity contribution in [2.45, 2.75) is 83.1 Å². The zero-order valence-electron chi connectivity index (χ0n) is 32.8. The topological polar surface area (TPSA) is 195 Å². The largest absolute Gasteiger partial charge is 0.453 e. The van der Waals surface area contributed by atoms with Gasteiger partial charge in [0.15, 0.2) is 23.0 Å². The maximum Gasteiger partial charge on any atom is 0.390 e. The average molecular weight is 763 g/mol. The Morgan fingerprint density at radius 1 is 0.407 bits per heavy atom. The van der Waals surface area contributed by atoms with Gasteiger partial charge in [-0.3, -0.25) is 19.2 Å². The molecule has 16 heteroatoms. The molecule has 0 aliphatic carbocycles. The van der Waals surface area contributed by atoms with E-state index in [1.807, 2.05) is 0 Å². The molecule has 2 aromatic carbocycles. The van der Waals surface area contributed by atoms with E-state index in [0.717, 1.165) is 0 Å². The number of benzene rings is 2. The summed E-state index contributed by atoms with van der Waals surface area (Å²) in [5.74, 6) is -5.66. The quantitative estimate of drug-likeness (QED) is 0.0681. The van der Waals surface area contributed by atoms with Gasteiger partial charge in [-0.2, -0.15) is 0 Å². The Balaban J connectivity index is 2.35. The van der Waals surface area contributed by atoms with E-state index in [4.69, 9.17) is 47.7 Å². The number of hydrogen-bond acceptors (Lipinski definition) is 16. The first-order chi connectivity index (χ1) is 24.8. The fourth-order valence-electron chi connectivity index (χ4n) is 3.49. The Morgan fingerprint density at radius 3 is 0.926 bits per heavy atom. The molecule has 0 aliphatic rings. The van der Waals surface area contributed by atoms with Crippen molar-refractivity contribution in [1.29, 1.82) is 0 Å². The third-order valence-corrected chi connectivity index (χ3v) is 6.64. The molecule has 0 aromatic heterocycles. The van der Waals surface area contributed by atoms with E-state index in [2.05, 4.69) is 0 Å². The highest BCUT2D eigenvalue weighted by molar-refractivity contribution is 5.96. The molecule has 0 saturated carbocycles.